The maximum absolute atomic E-state index is 12.2. The van der Waals surface area contributed by atoms with E-state index in [9.17, 15) is 4.79 Å². The van der Waals surface area contributed by atoms with Gasteiger partial charge in [-0.15, -0.1) is 0 Å². The monoisotopic (exact) mass is 331 g/mol. The smallest absolute Gasteiger partial charge is 0.220 e. The average Bonchev–Trinajstić information content (AvgIpc) is 2.99. The highest BCUT2D eigenvalue weighted by Gasteiger charge is 2.26. The first-order valence-electron chi connectivity index (χ1n) is 9.03. The third-order valence-corrected chi connectivity index (χ3v) is 5.31. The van der Waals surface area contributed by atoms with Crippen molar-refractivity contribution >= 4 is 11.7 Å². The number of nitrogens with zero attached hydrogens (tertiary/aromatic N) is 3. The van der Waals surface area contributed by atoms with Gasteiger partial charge in [0.1, 0.15) is 5.82 Å². The lowest BCUT2D eigenvalue weighted by Crippen LogP contribution is -2.45. The van der Waals surface area contributed by atoms with Crippen LogP contribution in [-0.2, 0) is 11.3 Å². The predicted octanol–water partition coefficient (Wildman–Crippen LogP) is 0.967. The molecular weight excluding hydrogens is 302 g/mol. The predicted molar refractivity (Wildman–Crippen MR) is 95.7 cm³/mol. The average molecular weight is 331 g/mol. The third-order valence-electron chi connectivity index (χ3n) is 5.31. The molecule has 6 nitrogen and oxygen atoms in total. The largest absolute Gasteiger partial charge is 0.354 e. The summed E-state index contributed by atoms with van der Waals surface area (Å²) in [4.78, 5) is 21.4. The van der Waals surface area contributed by atoms with Gasteiger partial charge in [0.15, 0.2) is 0 Å². The summed E-state index contributed by atoms with van der Waals surface area (Å²) in [5.74, 6) is 1.45. The van der Waals surface area contributed by atoms with Crippen molar-refractivity contribution < 1.29 is 4.79 Å². The molecule has 0 bridgehead atoms. The molecule has 1 saturated heterocycles. The van der Waals surface area contributed by atoms with Gasteiger partial charge in [0.2, 0.25) is 5.91 Å². The molecule has 0 radical (unpaired) electrons. The highest BCUT2D eigenvalue weighted by atomic mass is 16.1. The molecule has 1 aliphatic heterocycles. The summed E-state index contributed by atoms with van der Waals surface area (Å²) < 4.78 is 0. The van der Waals surface area contributed by atoms with Crippen LogP contribution >= 0.6 is 0 Å². The summed E-state index contributed by atoms with van der Waals surface area (Å²) in [6, 6.07) is 4.19. The van der Waals surface area contributed by atoms with Gasteiger partial charge in [-0.25, -0.2) is 4.98 Å². The van der Waals surface area contributed by atoms with Crippen molar-refractivity contribution in [2.24, 2.45) is 11.7 Å². The number of pyridine rings is 1. The molecule has 2 heterocycles. The molecule has 2 fully saturated rings. The van der Waals surface area contributed by atoms with Crippen molar-refractivity contribution in [3.05, 3.63) is 23.9 Å². The Morgan fingerprint density at radius 3 is 2.83 bits per heavy atom. The maximum atomic E-state index is 12.2. The number of nitrogens with one attached hydrogen (secondary N) is 1. The first-order valence-corrected chi connectivity index (χ1v) is 9.03. The summed E-state index contributed by atoms with van der Waals surface area (Å²) >= 11 is 0. The normalized spacial score (nSPS) is 25.0. The van der Waals surface area contributed by atoms with Crippen molar-refractivity contribution in [1.29, 1.82) is 0 Å². The van der Waals surface area contributed by atoms with E-state index in [2.05, 4.69) is 33.2 Å². The van der Waals surface area contributed by atoms with Crippen LogP contribution in [-0.4, -0.2) is 55.1 Å². The molecule has 0 aromatic carbocycles. The molecule has 1 aromatic heterocycles. The number of anilines is 1. The Labute approximate surface area is 144 Å². The molecule has 3 N–H and O–H groups in total. The van der Waals surface area contributed by atoms with E-state index in [-0.39, 0.29) is 11.9 Å². The fourth-order valence-corrected chi connectivity index (χ4v) is 3.69. The van der Waals surface area contributed by atoms with Crippen LogP contribution in [0.15, 0.2) is 18.3 Å². The van der Waals surface area contributed by atoms with Crippen LogP contribution in [0.5, 0.6) is 0 Å². The molecule has 0 unspecified atom stereocenters. The van der Waals surface area contributed by atoms with Crippen LogP contribution in [0, 0.1) is 5.92 Å². The highest BCUT2D eigenvalue weighted by Crippen LogP contribution is 2.26. The van der Waals surface area contributed by atoms with Gasteiger partial charge in [-0.05, 0) is 31.9 Å². The van der Waals surface area contributed by atoms with Gasteiger partial charge >= 0.3 is 0 Å². The zero-order valence-corrected chi connectivity index (χ0v) is 14.6. The summed E-state index contributed by atoms with van der Waals surface area (Å²) in [5.41, 5.74) is 7.16. The second-order valence-electron chi connectivity index (χ2n) is 7.11. The van der Waals surface area contributed by atoms with Gasteiger partial charge in [0.25, 0.3) is 0 Å². The fraction of sp³-hybridized carbons (Fsp3) is 0.667. The molecule has 24 heavy (non-hydrogen) atoms. The van der Waals surface area contributed by atoms with E-state index >= 15 is 0 Å². The molecule has 1 amide bonds. The Bertz CT molecular complexity index is 556. The summed E-state index contributed by atoms with van der Waals surface area (Å²) in [6.45, 7) is 4.58. The Morgan fingerprint density at radius 2 is 2.12 bits per heavy atom. The number of nitrogens with two attached hydrogens (primary N) is 1. The summed E-state index contributed by atoms with van der Waals surface area (Å²) in [7, 11) is 2.14. The number of carbonyl (C=O) groups is 1. The quantitative estimate of drug-likeness (QED) is 0.841. The van der Waals surface area contributed by atoms with Gasteiger partial charge in [-0.2, -0.15) is 0 Å². The lowest BCUT2D eigenvalue weighted by molar-refractivity contribution is -0.122. The number of likely N-dealkylation sites (N-methyl/N-ethyl adjacent to an activating group) is 1. The van der Waals surface area contributed by atoms with Crippen LogP contribution in [0.4, 0.5) is 5.82 Å². The number of rotatable bonds is 5. The Kier molecular flexibility index (Phi) is 5.68. The molecule has 1 aliphatic carbocycles. The standard InChI is InChI=1S/C18H29N5O/c1-22-8-10-23(11-9-22)18-15(5-3-7-20-18)13-21-17(24)12-14-4-2-6-16(14)19/h3,5,7,14,16H,2,4,6,8-13,19H2,1H3,(H,21,24)/t14-,16+/m0/s1. The molecule has 2 atom stereocenters. The first kappa shape index (κ1) is 17.2. The van der Waals surface area contributed by atoms with E-state index in [1.807, 2.05) is 12.3 Å². The zero-order chi connectivity index (χ0) is 16.9. The van der Waals surface area contributed by atoms with E-state index in [1.165, 1.54) is 0 Å². The minimum absolute atomic E-state index is 0.102. The molecule has 0 spiro atoms. The fourth-order valence-electron chi connectivity index (χ4n) is 3.69. The molecule has 1 saturated carbocycles. The molecule has 3 rings (SSSR count). The van der Waals surface area contributed by atoms with Gasteiger partial charge in [0.05, 0.1) is 0 Å². The number of hydrogen-bond donors (Lipinski definition) is 2. The minimum atomic E-state index is 0.102. The zero-order valence-electron chi connectivity index (χ0n) is 14.6. The van der Waals surface area contributed by atoms with Crippen molar-refractivity contribution in [1.82, 2.24) is 15.2 Å². The van der Waals surface area contributed by atoms with Crippen LogP contribution in [0.1, 0.15) is 31.2 Å². The Morgan fingerprint density at radius 1 is 1.33 bits per heavy atom. The van der Waals surface area contributed by atoms with Crippen LogP contribution in [0.25, 0.3) is 0 Å². The second-order valence-corrected chi connectivity index (χ2v) is 7.11. The summed E-state index contributed by atoms with van der Waals surface area (Å²) in [5, 5.41) is 3.06. The van der Waals surface area contributed by atoms with E-state index in [4.69, 9.17) is 5.73 Å². The van der Waals surface area contributed by atoms with Gasteiger partial charge in [-0.3, -0.25) is 4.79 Å². The Hall–Kier alpha value is -1.66. The van der Waals surface area contributed by atoms with Crippen LogP contribution in [0.2, 0.25) is 0 Å². The van der Waals surface area contributed by atoms with Gasteiger partial charge in [0, 0.05) is 56.9 Å². The number of hydrogen-bond acceptors (Lipinski definition) is 5. The maximum Gasteiger partial charge on any atom is 0.220 e. The summed E-state index contributed by atoms with van der Waals surface area (Å²) in [6.07, 6.45) is 5.65. The lowest BCUT2D eigenvalue weighted by atomic mass is 10.00. The SMILES string of the molecule is CN1CCN(c2ncccc2CNC(=O)C[C@@H]2CCC[C@H]2N)CC1. The lowest BCUT2D eigenvalue weighted by Gasteiger charge is -2.34. The van der Waals surface area contributed by atoms with Crippen molar-refractivity contribution in [3.63, 3.8) is 0 Å². The number of amides is 1. The van der Waals surface area contributed by atoms with E-state index < -0.39 is 0 Å². The van der Waals surface area contributed by atoms with Crippen LogP contribution < -0.4 is 16.0 Å². The van der Waals surface area contributed by atoms with E-state index in [1.54, 1.807) is 0 Å². The number of carbonyl (C=O) groups excluding carboxylic acids is 1. The second kappa shape index (κ2) is 7.94. The molecule has 2 aliphatic rings. The van der Waals surface area contributed by atoms with Crippen molar-refractivity contribution in [2.75, 3.05) is 38.1 Å². The van der Waals surface area contributed by atoms with Crippen molar-refractivity contribution in [2.45, 2.75) is 38.3 Å². The molecule has 6 heteroatoms. The van der Waals surface area contributed by atoms with Crippen molar-refractivity contribution in [3.8, 4) is 0 Å². The van der Waals surface area contributed by atoms with Gasteiger partial charge in [-0.1, -0.05) is 12.5 Å². The number of piperazine rings is 1. The Balaban J connectivity index is 1.56. The molecule has 132 valence electrons. The highest BCUT2D eigenvalue weighted by molar-refractivity contribution is 5.76. The van der Waals surface area contributed by atoms with E-state index in [0.717, 1.165) is 56.8 Å². The van der Waals surface area contributed by atoms with Crippen LogP contribution in [0.3, 0.4) is 0 Å². The topological polar surface area (TPSA) is 74.5 Å². The first-order chi connectivity index (χ1) is 11.6. The third kappa shape index (κ3) is 4.24. The molecule has 1 aromatic rings. The van der Waals surface area contributed by atoms with E-state index in [0.29, 0.717) is 18.9 Å². The van der Waals surface area contributed by atoms with Gasteiger partial charge < -0.3 is 20.9 Å². The number of aromatic nitrogens is 1. The minimum Gasteiger partial charge on any atom is -0.354 e. The molecular formula is C18H29N5O.